The molecule has 0 saturated carbocycles. The van der Waals surface area contributed by atoms with Crippen LogP contribution >= 0.6 is 0 Å². The zero-order valence-electron chi connectivity index (χ0n) is 8.13. The van der Waals surface area contributed by atoms with E-state index in [1.165, 1.54) is 0 Å². The van der Waals surface area contributed by atoms with Crippen molar-refractivity contribution in [3.8, 4) is 11.8 Å². The van der Waals surface area contributed by atoms with Crippen LogP contribution in [0.5, 0.6) is 5.75 Å². The molecule has 0 amide bonds. The summed E-state index contributed by atoms with van der Waals surface area (Å²) < 4.78 is 4.33. The highest BCUT2D eigenvalue weighted by atomic mass is 16.6. The van der Waals surface area contributed by atoms with Gasteiger partial charge in [0.15, 0.2) is 0 Å². The highest BCUT2D eigenvalue weighted by molar-refractivity contribution is 5.94. The number of phenolic OH excluding ortho intramolecular Hbond substituents is 1. The average molecular weight is 222 g/mol. The molecule has 1 aromatic carbocycles. The van der Waals surface area contributed by atoms with Gasteiger partial charge in [0.1, 0.15) is 17.4 Å². The van der Waals surface area contributed by atoms with Crippen molar-refractivity contribution in [2.75, 3.05) is 7.11 Å². The van der Waals surface area contributed by atoms with Gasteiger partial charge in [-0.25, -0.2) is 4.79 Å². The van der Waals surface area contributed by atoms with Crippen LogP contribution < -0.4 is 0 Å². The third kappa shape index (κ3) is 1.90. The number of carbonyl (C=O) groups is 1. The van der Waals surface area contributed by atoms with E-state index in [2.05, 4.69) is 4.74 Å². The predicted octanol–water partition coefficient (Wildman–Crippen LogP) is 0.959. The fraction of sp³-hybridized carbons (Fsp3) is 0.111. The molecule has 0 aliphatic rings. The number of benzene rings is 1. The van der Waals surface area contributed by atoms with Crippen molar-refractivity contribution >= 4 is 11.7 Å². The largest absolute Gasteiger partial charge is 0.506 e. The molecule has 7 heteroatoms. The topological polar surface area (TPSA) is 113 Å². The summed E-state index contributed by atoms with van der Waals surface area (Å²) in [6.07, 6.45) is 0. The number of methoxy groups -OCH3 is 1. The number of hydrogen-bond acceptors (Lipinski definition) is 6. The Morgan fingerprint density at radius 1 is 1.62 bits per heavy atom. The number of phenols is 1. The minimum atomic E-state index is -0.941. The second kappa shape index (κ2) is 4.27. The van der Waals surface area contributed by atoms with E-state index in [4.69, 9.17) is 5.26 Å². The van der Waals surface area contributed by atoms with Gasteiger partial charge in [0.2, 0.25) is 0 Å². The lowest BCUT2D eigenvalue weighted by molar-refractivity contribution is -0.385. The molecule has 0 radical (unpaired) electrons. The van der Waals surface area contributed by atoms with Crippen LogP contribution in [0.15, 0.2) is 12.1 Å². The van der Waals surface area contributed by atoms with E-state index in [9.17, 15) is 20.0 Å². The van der Waals surface area contributed by atoms with Gasteiger partial charge in [-0.2, -0.15) is 5.26 Å². The molecule has 0 aliphatic heterocycles. The van der Waals surface area contributed by atoms with Crippen LogP contribution in [0.1, 0.15) is 15.9 Å². The molecule has 16 heavy (non-hydrogen) atoms. The number of ether oxygens (including phenoxy) is 1. The van der Waals surface area contributed by atoms with Crippen LogP contribution in [0.3, 0.4) is 0 Å². The van der Waals surface area contributed by atoms with Gasteiger partial charge in [-0.3, -0.25) is 10.1 Å². The number of nitrogens with zero attached hydrogens (tertiary/aromatic N) is 2. The van der Waals surface area contributed by atoms with E-state index in [1.54, 1.807) is 6.07 Å². The van der Waals surface area contributed by atoms with Gasteiger partial charge in [0.25, 0.3) is 5.69 Å². The van der Waals surface area contributed by atoms with Crippen LogP contribution in [0.25, 0.3) is 0 Å². The maximum absolute atomic E-state index is 11.2. The van der Waals surface area contributed by atoms with E-state index in [-0.39, 0.29) is 11.1 Å². The first-order chi connectivity index (χ1) is 7.51. The summed E-state index contributed by atoms with van der Waals surface area (Å²) in [4.78, 5) is 21.0. The molecule has 82 valence electrons. The minimum absolute atomic E-state index is 0.231. The SMILES string of the molecule is COC(=O)c1cc(C#N)c(O)cc1[N+](=O)[O-]. The minimum Gasteiger partial charge on any atom is -0.506 e. The van der Waals surface area contributed by atoms with Gasteiger partial charge in [-0.15, -0.1) is 0 Å². The summed E-state index contributed by atoms with van der Waals surface area (Å²) in [5.41, 5.74) is -1.21. The summed E-state index contributed by atoms with van der Waals surface area (Å²) >= 11 is 0. The number of aromatic hydroxyl groups is 1. The molecule has 1 rings (SSSR count). The molecule has 0 aromatic heterocycles. The number of rotatable bonds is 2. The van der Waals surface area contributed by atoms with Gasteiger partial charge in [-0.1, -0.05) is 0 Å². The van der Waals surface area contributed by atoms with Crippen molar-refractivity contribution in [2.45, 2.75) is 0 Å². The molecule has 1 aromatic rings. The Morgan fingerprint density at radius 3 is 2.69 bits per heavy atom. The van der Waals surface area contributed by atoms with Crippen LogP contribution in [-0.2, 0) is 4.74 Å². The predicted molar refractivity (Wildman–Crippen MR) is 50.8 cm³/mol. The lowest BCUT2D eigenvalue weighted by atomic mass is 10.1. The first-order valence-corrected chi connectivity index (χ1v) is 4.01. The molecule has 1 N–H and O–H groups in total. The van der Waals surface area contributed by atoms with Gasteiger partial charge in [-0.05, 0) is 6.07 Å². The second-order valence-corrected chi connectivity index (χ2v) is 2.75. The van der Waals surface area contributed by atoms with Crippen molar-refractivity contribution in [1.82, 2.24) is 0 Å². The third-order valence-electron chi connectivity index (χ3n) is 1.84. The molecule has 0 saturated heterocycles. The maximum atomic E-state index is 11.2. The Kier molecular flexibility index (Phi) is 3.06. The molecule has 7 nitrogen and oxygen atoms in total. The normalized spacial score (nSPS) is 9.25. The zero-order valence-corrected chi connectivity index (χ0v) is 8.13. The Labute approximate surface area is 89.6 Å². The number of esters is 1. The smallest absolute Gasteiger partial charge is 0.344 e. The van der Waals surface area contributed by atoms with Crippen molar-refractivity contribution in [1.29, 1.82) is 5.26 Å². The fourth-order valence-electron chi connectivity index (χ4n) is 1.09. The number of hydrogen-bond donors (Lipinski definition) is 1. The molecular formula is C9H6N2O5. The van der Waals surface area contributed by atoms with Gasteiger partial charge < -0.3 is 9.84 Å². The fourth-order valence-corrected chi connectivity index (χ4v) is 1.09. The van der Waals surface area contributed by atoms with E-state index in [0.29, 0.717) is 0 Å². The lowest BCUT2D eigenvalue weighted by Crippen LogP contribution is -2.06. The van der Waals surface area contributed by atoms with Crippen LogP contribution in [0, 0.1) is 21.4 Å². The maximum Gasteiger partial charge on any atom is 0.344 e. The summed E-state index contributed by atoms with van der Waals surface area (Å²) in [6, 6.07) is 3.26. The van der Waals surface area contributed by atoms with Crippen molar-refractivity contribution in [3.63, 3.8) is 0 Å². The number of carbonyl (C=O) groups excluding carboxylic acids is 1. The second-order valence-electron chi connectivity index (χ2n) is 2.75. The Bertz CT molecular complexity index is 503. The molecule has 0 bridgehead atoms. The average Bonchev–Trinajstić information content (AvgIpc) is 2.27. The molecule has 0 heterocycles. The number of nitriles is 1. The van der Waals surface area contributed by atoms with Gasteiger partial charge in [0, 0.05) is 0 Å². The molecule has 0 fully saturated rings. The number of nitro benzene ring substituents is 1. The zero-order chi connectivity index (χ0) is 12.3. The first kappa shape index (κ1) is 11.5. The van der Waals surface area contributed by atoms with E-state index < -0.39 is 22.3 Å². The highest BCUT2D eigenvalue weighted by Crippen LogP contribution is 2.28. The number of nitro groups is 1. The van der Waals surface area contributed by atoms with Gasteiger partial charge in [0.05, 0.1) is 23.7 Å². The molecule has 0 atom stereocenters. The lowest BCUT2D eigenvalue weighted by Gasteiger charge is -2.02. The standard InChI is InChI=1S/C9H6N2O5/c1-16-9(13)6-2-5(4-10)8(12)3-7(6)11(14)15/h2-3,12H,1H3. The van der Waals surface area contributed by atoms with Crippen molar-refractivity contribution in [3.05, 3.63) is 33.4 Å². The summed E-state index contributed by atoms with van der Waals surface area (Å²) in [6.45, 7) is 0. The molecule has 0 unspecified atom stereocenters. The Balaban J connectivity index is 3.50. The van der Waals surface area contributed by atoms with E-state index in [1.807, 2.05) is 0 Å². The van der Waals surface area contributed by atoms with Crippen molar-refractivity contribution < 1.29 is 19.6 Å². The quantitative estimate of drug-likeness (QED) is 0.452. The molecule has 0 spiro atoms. The monoisotopic (exact) mass is 222 g/mol. The molecule has 0 aliphatic carbocycles. The third-order valence-corrected chi connectivity index (χ3v) is 1.84. The van der Waals surface area contributed by atoms with Crippen LogP contribution in [-0.4, -0.2) is 23.1 Å². The van der Waals surface area contributed by atoms with Gasteiger partial charge >= 0.3 is 5.97 Å². The summed E-state index contributed by atoms with van der Waals surface area (Å²) in [5.74, 6) is -1.50. The van der Waals surface area contributed by atoms with E-state index in [0.717, 1.165) is 19.2 Å². The first-order valence-electron chi connectivity index (χ1n) is 4.01. The highest BCUT2D eigenvalue weighted by Gasteiger charge is 2.23. The van der Waals surface area contributed by atoms with Crippen LogP contribution in [0.2, 0.25) is 0 Å². The molecular weight excluding hydrogens is 216 g/mol. The van der Waals surface area contributed by atoms with Crippen molar-refractivity contribution in [2.24, 2.45) is 0 Å². The van der Waals surface area contributed by atoms with E-state index >= 15 is 0 Å². The van der Waals surface area contributed by atoms with Crippen LogP contribution in [0.4, 0.5) is 5.69 Å². The Morgan fingerprint density at radius 2 is 2.25 bits per heavy atom. The summed E-state index contributed by atoms with van der Waals surface area (Å²) in [5, 5.41) is 28.4. The summed E-state index contributed by atoms with van der Waals surface area (Å²) in [7, 11) is 1.06. The Hall–Kier alpha value is -2.62.